The predicted octanol–water partition coefficient (Wildman–Crippen LogP) is 9.27. The Balaban J connectivity index is 1.31. The third-order valence-corrected chi connectivity index (χ3v) is 11.0. The summed E-state index contributed by atoms with van der Waals surface area (Å²) < 4.78 is 0. The summed E-state index contributed by atoms with van der Waals surface area (Å²) in [6.45, 7) is 12.0. The van der Waals surface area contributed by atoms with Crippen LogP contribution in [-0.2, 0) is 6.42 Å². The average Bonchev–Trinajstić information content (AvgIpc) is 3.12. The van der Waals surface area contributed by atoms with E-state index >= 15 is 0 Å². The normalized spacial score (nSPS) is 33.1. The van der Waals surface area contributed by atoms with Crippen LogP contribution < -0.4 is 0 Å². The van der Waals surface area contributed by atoms with Crippen molar-refractivity contribution >= 4 is 0 Å². The zero-order valence-corrected chi connectivity index (χ0v) is 24.1. The topological polar surface area (TPSA) is 40.5 Å². The molecule has 0 bridgehead atoms. The van der Waals surface area contributed by atoms with Crippen LogP contribution in [0.15, 0.2) is 18.2 Å². The molecule has 4 rings (SSSR count). The molecule has 1 aromatic rings. The van der Waals surface area contributed by atoms with Gasteiger partial charge in [-0.25, -0.2) is 0 Å². The van der Waals surface area contributed by atoms with E-state index < -0.39 is 0 Å². The Hall–Kier alpha value is -1.02. The summed E-state index contributed by atoms with van der Waals surface area (Å²) in [5.41, 5.74) is 3.03. The highest BCUT2D eigenvalue weighted by Crippen LogP contribution is 2.62. The minimum absolute atomic E-state index is 0.113. The first-order valence-electron chi connectivity index (χ1n) is 15.7. The number of fused-ring (bicyclic) bond motifs is 5. The van der Waals surface area contributed by atoms with E-state index in [-0.39, 0.29) is 11.5 Å². The van der Waals surface area contributed by atoms with E-state index in [1.165, 1.54) is 81.8 Å². The number of aromatic hydroxyl groups is 1. The van der Waals surface area contributed by atoms with Crippen molar-refractivity contribution in [3.8, 4) is 5.75 Å². The lowest BCUT2D eigenvalue weighted by Crippen LogP contribution is -2.47. The van der Waals surface area contributed by atoms with Crippen molar-refractivity contribution in [3.63, 3.8) is 0 Å². The van der Waals surface area contributed by atoms with Gasteiger partial charge in [0.15, 0.2) is 0 Å². The Labute approximate surface area is 222 Å². The highest BCUT2D eigenvalue weighted by molar-refractivity contribution is 5.40. The van der Waals surface area contributed by atoms with Crippen LogP contribution in [0.3, 0.4) is 0 Å². The van der Waals surface area contributed by atoms with Gasteiger partial charge in [-0.3, -0.25) is 0 Å². The third-order valence-electron chi connectivity index (χ3n) is 11.0. The van der Waals surface area contributed by atoms with E-state index in [0.29, 0.717) is 29.4 Å². The van der Waals surface area contributed by atoms with Crippen LogP contribution in [0, 0.1) is 40.9 Å². The van der Waals surface area contributed by atoms with Gasteiger partial charge in [-0.15, -0.1) is 0 Å². The van der Waals surface area contributed by atoms with Crippen molar-refractivity contribution < 1.29 is 10.2 Å². The van der Waals surface area contributed by atoms with Gasteiger partial charge in [0.2, 0.25) is 0 Å². The van der Waals surface area contributed by atoms with E-state index in [9.17, 15) is 10.2 Å². The molecule has 8 atom stereocenters. The van der Waals surface area contributed by atoms with Crippen molar-refractivity contribution in [2.24, 2.45) is 40.9 Å². The fourth-order valence-electron chi connectivity index (χ4n) is 8.74. The van der Waals surface area contributed by atoms with Crippen LogP contribution >= 0.6 is 0 Å². The molecule has 0 radical (unpaired) electrons. The fraction of sp³-hybridized carbons (Fsp3) is 0.824. The minimum atomic E-state index is -0.113. The van der Waals surface area contributed by atoms with Crippen molar-refractivity contribution in [2.75, 3.05) is 0 Å². The summed E-state index contributed by atoms with van der Waals surface area (Å²) in [7, 11) is 0. The lowest BCUT2D eigenvalue weighted by molar-refractivity contribution is -0.0397. The van der Waals surface area contributed by atoms with Gasteiger partial charge < -0.3 is 10.2 Å². The zero-order chi connectivity index (χ0) is 25.9. The molecule has 0 heterocycles. The Bertz CT molecular complexity index is 830. The van der Waals surface area contributed by atoms with Crippen LogP contribution in [0.2, 0.25) is 0 Å². The number of rotatable bonds is 12. The van der Waals surface area contributed by atoms with Crippen molar-refractivity contribution in [1.29, 1.82) is 0 Å². The second kappa shape index (κ2) is 12.2. The number of phenolic OH excluding ortho intramolecular Hbond substituents is 1. The first-order valence-corrected chi connectivity index (χ1v) is 15.7. The Kier molecular flexibility index (Phi) is 9.51. The number of aliphatic hydroxyl groups excluding tert-OH is 1. The third kappa shape index (κ3) is 6.33. The maximum Gasteiger partial charge on any atom is 0.115 e. The Morgan fingerprint density at radius 3 is 2.25 bits per heavy atom. The summed E-state index contributed by atoms with van der Waals surface area (Å²) >= 11 is 0. The lowest BCUT2D eigenvalue weighted by atomic mass is 9.52. The van der Waals surface area contributed by atoms with Gasteiger partial charge in [-0.1, -0.05) is 92.1 Å². The molecule has 0 aromatic heterocycles. The molecule has 2 fully saturated rings. The van der Waals surface area contributed by atoms with Gasteiger partial charge in [-0.05, 0) is 109 Å². The maximum atomic E-state index is 10.9. The molecule has 3 aliphatic carbocycles. The molecule has 204 valence electrons. The van der Waals surface area contributed by atoms with Crippen LogP contribution in [0.4, 0.5) is 0 Å². The molecule has 3 unspecified atom stereocenters. The summed E-state index contributed by atoms with van der Waals surface area (Å²) in [6.07, 6.45) is 17.9. The number of hydrogen-bond acceptors (Lipinski definition) is 2. The minimum Gasteiger partial charge on any atom is -0.508 e. The molecule has 36 heavy (non-hydrogen) atoms. The van der Waals surface area contributed by atoms with Gasteiger partial charge >= 0.3 is 0 Å². The number of phenols is 1. The standard InChI is InChI=1S/C34H56O2/c1-23(2)9-6-10-24(3)11-7-12-25(4)13-8-14-26-21-27-22-28(35)15-16-29(27)30-19-20-34(5)31(33(26)30)17-18-32(34)36/h15-16,22-26,30-33,35-36H,6-14,17-21H2,1-5H3/t24-,25-,26-,30?,31?,32+,33?,34+/m1/s1. The highest BCUT2D eigenvalue weighted by atomic mass is 16.3. The van der Waals surface area contributed by atoms with Crippen molar-refractivity contribution in [3.05, 3.63) is 29.3 Å². The van der Waals surface area contributed by atoms with Crippen molar-refractivity contribution in [2.45, 2.75) is 137 Å². The second-order valence-electron chi connectivity index (χ2n) is 14.2. The molecule has 2 heteroatoms. The van der Waals surface area contributed by atoms with E-state index in [1.54, 1.807) is 0 Å². The molecule has 3 aliphatic rings. The molecule has 2 saturated carbocycles. The first-order chi connectivity index (χ1) is 17.2. The summed E-state index contributed by atoms with van der Waals surface area (Å²) in [5.74, 6) is 5.67. The Morgan fingerprint density at radius 2 is 1.56 bits per heavy atom. The summed E-state index contributed by atoms with van der Waals surface area (Å²) in [4.78, 5) is 0. The molecular weight excluding hydrogens is 440 g/mol. The molecule has 2 nitrogen and oxygen atoms in total. The summed E-state index contributed by atoms with van der Waals surface area (Å²) in [6, 6.07) is 6.18. The van der Waals surface area contributed by atoms with E-state index in [0.717, 1.165) is 37.0 Å². The molecule has 0 spiro atoms. The molecular formula is C34H56O2. The van der Waals surface area contributed by atoms with Gasteiger partial charge in [0, 0.05) is 0 Å². The molecule has 0 aliphatic heterocycles. The van der Waals surface area contributed by atoms with Crippen LogP contribution in [0.1, 0.15) is 135 Å². The van der Waals surface area contributed by atoms with E-state index in [2.05, 4.69) is 46.8 Å². The quantitative estimate of drug-likeness (QED) is 0.303. The van der Waals surface area contributed by atoms with Gasteiger partial charge in [0.05, 0.1) is 6.10 Å². The molecule has 0 amide bonds. The number of benzene rings is 1. The van der Waals surface area contributed by atoms with E-state index in [1.807, 2.05) is 6.07 Å². The van der Waals surface area contributed by atoms with Crippen molar-refractivity contribution in [1.82, 2.24) is 0 Å². The lowest BCUT2D eigenvalue weighted by Gasteiger charge is -2.53. The maximum absolute atomic E-state index is 10.9. The molecule has 0 saturated heterocycles. The van der Waals surface area contributed by atoms with Gasteiger partial charge in [0.25, 0.3) is 0 Å². The largest absolute Gasteiger partial charge is 0.508 e. The fourth-order valence-corrected chi connectivity index (χ4v) is 8.74. The monoisotopic (exact) mass is 496 g/mol. The second-order valence-corrected chi connectivity index (χ2v) is 14.2. The molecule has 1 aromatic carbocycles. The smallest absolute Gasteiger partial charge is 0.115 e. The summed E-state index contributed by atoms with van der Waals surface area (Å²) in [5, 5.41) is 21.1. The van der Waals surface area contributed by atoms with Gasteiger partial charge in [0.1, 0.15) is 5.75 Å². The zero-order valence-electron chi connectivity index (χ0n) is 24.1. The van der Waals surface area contributed by atoms with Crippen LogP contribution in [0.5, 0.6) is 5.75 Å². The number of hydrogen-bond donors (Lipinski definition) is 2. The Morgan fingerprint density at radius 1 is 0.889 bits per heavy atom. The average molecular weight is 497 g/mol. The van der Waals surface area contributed by atoms with Crippen LogP contribution in [0.25, 0.3) is 0 Å². The van der Waals surface area contributed by atoms with Gasteiger partial charge in [-0.2, -0.15) is 0 Å². The predicted molar refractivity (Wildman–Crippen MR) is 152 cm³/mol. The first kappa shape index (κ1) is 28.0. The highest BCUT2D eigenvalue weighted by Gasteiger charge is 2.56. The number of aliphatic hydroxyl groups is 1. The van der Waals surface area contributed by atoms with E-state index in [4.69, 9.17) is 0 Å². The SMILES string of the molecule is CC(C)CCC[C@@H](C)CCC[C@@H](C)CCC[C@@H]1Cc2cc(O)ccc2C2CC[C@@]3(C)C(CC[C@@H]3O)C21. The molecule has 2 N–H and O–H groups in total. The van der Waals surface area contributed by atoms with Crippen LogP contribution in [-0.4, -0.2) is 16.3 Å².